The number of methoxy groups -OCH3 is 1. The Bertz CT molecular complexity index is 1710. The van der Waals surface area contributed by atoms with Crippen LogP contribution in [0.3, 0.4) is 0 Å². The molecule has 0 aliphatic carbocycles. The maximum atomic E-state index is 14.4. The summed E-state index contributed by atoms with van der Waals surface area (Å²) in [6.45, 7) is 3.28. The fourth-order valence-corrected chi connectivity index (χ4v) is 6.71. The second-order valence-electron chi connectivity index (χ2n) is 10.1. The molecule has 4 heterocycles. The second kappa shape index (κ2) is 11.2. The first-order valence-corrected chi connectivity index (χ1v) is 13.9. The lowest BCUT2D eigenvalue weighted by molar-refractivity contribution is -0.142. The quantitative estimate of drug-likeness (QED) is 0.315. The number of hydrogen-bond acceptors (Lipinski definition) is 9. The van der Waals surface area contributed by atoms with Gasteiger partial charge in [0.05, 0.1) is 44.6 Å². The zero-order chi connectivity index (χ0) is 29.5. The highest BCUT2D eigenvalue weighted by molar-refractivity contribution is 7.21. The highest BCUT2D eigenvalue weighted by Crippen LogP contribution is 2.35. The molecular formula is C27H31FN6O6S. The molecule has 1 aromatic carbocycles. The molecule has 1 aliphatic heterocycles. The van der Waals surface area contributed by atoms with Crippen LogP contribution in [0.1, 0.15) is 37.0 Å². The third kappa shape index (κ3) is 4.85. The average molecular weight is 587 g/mol. The van der Waals surface area contributed by atoms with E-state index in [9.17, 15) is 23.9 Å². The monoisotopic (exact) mass is 586 g/mol. The Morgan fingerprint density at radius 3 is 2.63 bits per heavy atom. The number of likely N-dealkylation sites (tertiary alicyclic amines) is 1. The predicted octanol–water partition coefficient (Wildman–Crippen LogP) is 1.98. The van der Waals surface area contributed by atoms with Gasteiger partial charge in [0.1, 0.15) is 33.0 Å². The van der Waals surface area contributed by atoms with E-state index in [1.54, 1.807) is 20.9 Å². The molecule has 1 fully saturated rings. The van der Waals surface area contributed by atoms with Gasteiger partial charge in [-0.1, -0.05) is 11.3 Å². The molecule has 4 aromatic rings. The number of amides is 1. The van der Waals surface area contributed by atoms with Gasteiger partial charge in [0.25, 0.3) is 5.56 Å². The Hall–Kier alpha value is -3.88. The van der Waals surface area contributed by atoms with E-state index in [1.807, 2.05) is 0 Å². The molecule has 2 atom stereocenters. The first-order valence-electron chi connectivity index (χ1n) is 13.1. The van der Waals surface area contributed by atoms with Crippen LogP contribution in [-0.2, 0) is 21.6 Å². The zero-order valence-electron chi connectivity index (χ0n) is 23.2. The predicted molar refractivity (Wildman–Crippen MR) is 149 cm³/mol. The molecule has 0 radical (unpaired) electrons. The summed E-state index contributed by atoms with van der Waals surface area (Å²) in [4.78, 5) is 45.2. The summed E-state index contributed by atoms with van der Waals surface area (Å²) in [6, 6.07) is 3.94. The Labute approximate surface area is 238 Å². The molecule has 2 unspecified atom stereocenters. The van der Waals surface area contributed by atoms with E-state index >= 15 is 0 Å². The number of likely N-dealkylation sites (N-methyl/N-ethyl adjacent to an activating group) is 1. The Kier molecular flexibility index (Phi) is 7.81. The van der Waals surface area contributed by atoms with Crippen molar-refractivity contribution in [1.82, 2.24) is 29.0 Å². The molecule has 3 aromatic heterocycles. The first-order chi connectivity index (χ1) is 19.6. The summed E-state index contributed by atoms with van der Waals surface area (Å²) < 4.78 is 28.2. The lowest BCUT2D eigenvalue weighted by Gasteiger charge is -2.38. The third-order valence-electron chi connectivity index (χ3n) is 7.54. The van der Waals surface area contributed by atoms with Gasteiger partial charge in [0.2, 0.25) is 5.91 Å². The van der Waals surface area contributed by atoms with Crippen molar-refractivity contribution in [3.63, 3.8) is 0 Å². The smallest absolute Gasteiger partial charge is 0.333 e. The molecule has 0 bridgehead atoms. The van der Waals surface area contributed by atoms with Crippen molar-refractivity contribution in [2.24, 2.45) is 0 Å². The van der Waals surface area contributed by atoms with E-state index in [2.05, 4.69) is 10.2 Å². The second-order valence-corrected chi connectivity index (χ2v) is 11.1. The van der Waals surface area contributed by atoms with E-state index in [-0.39, 0.29) is 31.1 Å². The van der Waals surface area contributed by atoms with Crippen molar-refractivity contribution < 1.29 is 23.8 Å². The minimum atomic E-state index is -1.42. The summed E-state index contributed by atoms with van der Waals surface area (Å²) in [7, 11) is 3.08. The highest BCUT2D eigenvalue weighted by atomic mass is 32.1. The third-order valence-corrected chi connectivity index (χ3v) is 8.82. The van der Waals surface area contributed by atoms with Gasteiger partial charge in [-0.15, -0.1) is 4.80 Å². The Morgan fingerprint density at radius 2 is 1.95 bits per heavy atom. The van der Waals surface area contributed by atoms with Gasteiger partial charge >= 0.3 is 5.69 Å². The number of fused-ring (bicyclic) bond motifs is 1. The maximum Gasteiger partial charge on any atom is 0.333 e. The van der Waals surface area contributed by atoms with Crippen LogP contribution in [0, 0.1) is 12.7 Å². The number of aliphatic hydroxyl groups is 1. The minimum Gasteiger partial charge on any atom is -0.496 e. The van der Waals surface area contributed by atoms with Crippen LogP contribution < -0.4 is 16.0 Å². The number of thiophene rings is 1. The van der Waals surface area contributed by atoms with Gasteiger partial charge in [-0.25, -0.2) is 13.8 Å². The summed E-state index contributed by atoms with van der Waals surface area (Å²) in [5.74, 6) is -0.550. The summed E-state index contributed by atoms with van der Waals surface area (Å²) in [5, 5.41) is 18.7. The molecule has 12 nitrogen and oxygen atoms in total. The number of halogens is 1. The van der Waals surface area contributed by atoms with Crippen LogP contribution in [-0.4, -0.2) is 74.0 Å². The van der Waals surface area contributed by atoms with Crippen molar-refractivity contribution in [2.75, 3.05) is 33.9 Å². The van der Waals surface area contributed by atoms with Crippen molar-refractivity contribution >= 4 is 27.5 Å². The normalized spacial score (nSPS) is 18.3. The van der Waals surface area contributed by atoms with Gasteiger partial charge in [-0.3, -0.25) is 14.2 Å². The van der Waals surface area contributed by atoms with Crippen LogP contribution in [0.5, 0.6) is 5.75 Å². The zero-order valence-corrected chi connectivity index (χ0v) is 24.0. The molecule has 5 rings (SSSR count). The molecule has 0 spiro atoms. The van der Waals surface area contributed by atoms with E-state index < -0.39 is 28.7 Å². The number of aromatic nitrogens is 5. The molecule has 41 heavy (non-hydrogen) atoms. The molecular weight excluding hydrogens is 555 g/mol. The number of nitrogens with zero attached hydrogens (tertiary/aromatic N) is 6. The molecule has 1 N–H and O–H groups in total. The average Bonchev–Trinajstić information content (AvgIpc) is 3.59. The highest BCUT2D eigenvalue weighted by Gasteiger charge is 2.43. The van der Waals surface area contributed by atoms with Crippen LogP contribution in [0.4, 0.5) is 4.39 Å². The molecule has 1 aliphatic rings. The number of benzene rings is 1. The van der Waals surface area contributed by atoms with Gasteiger partial charge in [0, 0.05) is 24.7 Å². The first kappa shape index (κ1) is 28.6. The SMILES string of the molecule is COc1ccc(F)cc1C(Cn1c(=O)n(C2(C)CCCN(C)C2=O)c(=O)c2c(C)c(-n3nccn3)sc21)OCCO. The number of aryl methyl sites for hydroxylation is 1. The van der Waals surface area contributed by atoms with E-state index in [0.717, 1.165) is 15.9 Å². The molecule has 1 amide bonds. The number of carbonyl (C=O) groups is 1. The van der Waals surface area contributed by atoms with Crippen molar-refractivity contribution in [3.05, 3.63) is 68.4 Å². The van der Waals surface area contributed by atoms with E-state index in [0.29, 0.717) is 46.1 Å². The summed E-state index contributed by atoms with van der Waals surface area (Å²) >= 11 is 1.15. The largest absolute Gasteiger partial charge is 0.496 e. The van der Waals surface area contributed by atoms with Gasteiger partial charge in [0.15, 0.2) is 0 Å². The molecule has 1 saturated heterocycles. The number of hydrogen-bond donors (Lipinski definition) is 1. The van der Waals surface area contributed by atoms with Gasteiger partial charge in [-0.2, -0.15) is 10.2 Å². The molecule has 14 heteroatoms. The van der Waals surface area contributed by atoms with Crippen molar-refractivity contribution in [1.29, 1.82) is 0 Å². The standard InChI is InChI=1S/C27H31FN6O6S/c1-16-21-22(36)33(27(2)8-5-11-31(3)25(27)37)26(38)32(24(21)41-23(16)34-29-9-10-30-34)15-20(40-13-12-35)18-14-17(28)6-7-19(18)39-4/h6-7,9-10,14,20,35H,5,8,11-13,15H2,1-4H3. The van der Waals surface area contributed by atoms with Crippen LogP contribution >= 0.6 is 11.3 Å². The minimum absolute atomic E-state index is 0.102. The number of ether oxygens (including phenoxy) is 2. The summed E-state index contributed by atoms with van der Waals surface area (Å²) in [6.07, 6.45) is 2.96. The van der Waals surface area contributed by atoms with Gasteiger partial charge in [-0.05, 0) is 44.9 Å². The van der Waals surface area contributed by atoms with Crippen LogP contribution in [0.25, 0.3) is 15.2 Å². The van der Waals surface area contributed by atoms with E-state index in [4.69, 9.17) is 9.47 Å². The van der Waals surface area contributed by atoms with E-state index in [1.165, 1.54) is 52.0 Å². The number of rotatable bonds is 9. The molecule has 218 valence electrons. The summed E-state index contributed by atoms with van der Waals surface area (Å²) in [5.41, 5.74) is -1.85. The molecule has 0 saturated carbocycles. The number of carbonyl (C=O) groups excluding carboxylic acids is 1. The fourth-order valence-electron chi connectivity index (χ4n) is 5.49. The Balaban J connectivity index is 1.80. The number of piperidine rings is 1. The van der Waals surface area contributed by atoms with Crippen LogP contribution in [0.2, 0.25) is 0 Å². The van der Waals surface area contributed by atoms with Crippen molar-refractivity contribution in [2.45, 2.75) is 44.9 Å². The topological polar surface area (TPSA) is 134 Å². The van der Waals surface area contributed by atoms with Crippen LogP contribution in [0.15, 0.2) is 40.2 Å². The maximum absolute atomic E-state index is 14.4. The number of aliphatic hydroxyl groups excluding tert-OH is 1. The lowest BCUT2D eigenvalue weighted by Crippen LogP contribution is -2.59. The van der Waals surface area contributed by atoms with Gasteiger partial charge < -0.3 is 19.5 Å². The van der Waals surface area contributed by atoms with Crippen molar-refractivity contribution in [3.8, 4) is 10.8 Å². The fraction of sp³-hybridized carbons (Fsp3) is 0.444. The lowest BCUT2D eigenvalue weighted by atomic mass is 9.89. The Morgan fingerprint density at radius 1 is 1.22 bits per heavy atom.